The highest BCUT2D eigenvalue weighted by atomic mass is 32.2. The molecule has 0 aromatic heterocycles. The van der Waals surface area contributed by atoms with Crippen molar-refractivity contribution in [2.24, 2.45) is 0 Å². The van der Waals surface area contributed by atoms with Gasteiger partial charge in [0.15, 0.2) is 0 Å². The van der Waals surface area contributed by atoms with Crippen LogP contribution in [0.25, 0.3) is 0 Å². The molecule has 3 aromatic rings. The number of hydrogen-bond donors (Lipinski definition) is 2. The molecule has 0 saturated carbocycles. The third-order valence-electron chi connectivity index (χ3n) is 4.24. The first-order chi connectivity index (χ1) is 14.3. The fourth-order valence-electron chi connectivity index (χ4n) is 2.80. The molecule has 6 nitrogen and oxygen atoms in total. The van der Waals surface area contributed by atoms with Crippen molar-refractivity contribution in [3.8, 4) is 5.75 Å². The molecule has 0 fully saturated rings. The van der Waals surface area contributed by atoms with E-state index in [1.807, 2.05) is 6.92 Å². The third-order valence-corrected chi connectivity index (χ3v) is 5.76. The van der Waals surface area contributed by atoms with Gasteiger partial charge in [0, 0.05) is 16.9 Å². The number of carbonyl (C=O) groups is 1. The lowest BCUT2D eigenvalue weighted by atomic mass is 10.2. The average molecular weight is 428 g/mol. The smallest absolute Gasteiger partial charge is 0.262 e. The Labute approximate surface area is 174 Å². The Bertz CT molecular complexity index is 1160. The van der Waals surface area contributed by atoms with E-state index < -0.39 is 21.7 Å². The number of aryl methyl sites for hydroxylation is 1. The lowest BCUT2D eigenvalue weighted by molar-refractivity contribution is 0.102. The van der Waals surface area contributed by atoms with Gasteiger partial charge in [-0.05, 0) is 74.0 Å². The van der Waals surface area contributed by atoms with Crippen LogP contribution < -0.4 is 14.8 Å². The van der Waals surface area contributed by atoms with Gasteiger partial charge in [-0.15, -0.1) is 0 Å². The van der Waals surface area contributed by atoms with E-state index in [4.69, 9.17) is 4.74 Å². The minimum Gasteiger partial charge on any atom is -0.494 e. The van der Waals surface area contributed by atoms with Crippen LogP contribution >= 0.6 is 0 Å². The molecule has 3 aromatic carbocycles. The first kappa shape index (κ1) is 21.3. The summed E-state index contributed by atoms with van der Waals surface area (Å²) in [7, 11) is -3.90. The van der Waals surface area contributed by atoms with Gasteiger partial charge in [-0.1, -0.05) is 12.1 Å². The predicted octanol–water partition coefficient (Wildman–Crippen LogP) is 4.59. The van der Waals surface area contributed by atoms with Gasteiger partial charge in [0.25, 0.3) is 15.9 Å². The fourth-order valence-corrected chi connectivity index (χ4v) is 4.13. The molecule has 2 N–H and O–H groups in total. The molecule has 0 saturated heterocycles. The molecular weight excluding hydrogens is 407 g/mol. The van der Waals surface area contributed by atoms with Gasteiger partial charge in [0.2, 0.25) is 0 Å². The minimum atomic E-state index is -3.90. The summed E-state index contributed by atoms with van der Waals surface area (Å²) in [6.45, 7) is 4.03. The Balaban J connectivity index is 1.82. The highest BCUT2D eigenvalue weighted by molar-refractivity contribution is 7.92. The summed E-state index contributed by atoms with van der Waals surface area (Å²) in [4.78, 5) is 12.4. The van der Waals surface area contributed by atoms with Crippen LogP contribution in [0.2, 0.25) is 0 Å². The monoisotopic (exact) mass is 428 g/mol. The molecular formula is C22H21FN2O4S. The third kappa shape index (κ3) is 5.15. The summed E-state index contributed by atoms with van der Waals surface area (Å²) in [6, 6.07) is 16.3. The highest BCUT2D eigenvalue weighted by Crippen LogP contribution is 2.24. The summed E-state index contributed by atoms with van der Waals surface area (Å²) < 4.78 is 47.0. The standard InChI is InChI=1S/C22H21FN2O4S/c1-3-29-20-11-9-18(10-12-20)25-30(27,28)21-14-19(8-7-15(21)2)24-22(26)16-5-4-6-17(23)13-16/h4-14,25H,3H2,1-2H3,(H,24,26). The van der Waals surface area contributed by atoms with Crippen LogP contribution in [0.3, 0.4) is 0 Å². The molecule has 0 aliphatic heterocycles. The zero-order valence-electron chi connectivity index (χ0n) is 16.5. The second-order valence-electron chi connectivity index (χ2n) is 6.51. The van der Waals surface area contributed by atoms with Crippen molar-refractivity contribution < 1.29 is 22.3 Å². The largest absolute Gasteiger partial charge is 0.494 e. The van der Waals surface area contributed by atoms with Gasteiger partial charge in [0.05, 0.1) is 11.5 Å². The zero-order valence-corrected chi connectivity index (χ0v) is 17.3. The summed E-state index contributed by atoms with van der Waals surface area (Å²) in [5.41, 5.74) is 1.30. The first-order valence-corrected chi connectivity index (χ1v) is 10.7. The van der Waals surface area contributed by atoms with E-state index in [0.29, 0.717) is 23.6 Å². The maximum absolute atomic E-state index is 13.3. The number of hydrogen-bond acceptors (Lipinski definition) is 4. The Morgan fingerprint density at radius 1 is 1.00 bits per heavy atom. The SMILES string of the molecule is CCOc1ccc(NS(=O)(=O)c2cc(NC(=O)c3cccc(F)c3)ccc2C)cc1. The Morgan fingerprint density at radius 2 is 1.70 bits per heavy atom. The van der Waals surface area contributed by atoms with Crippen molar-refractivity contribution in [3.05, 3.63) is 83.7 Å². The zero-order chi connectivity index (χ0) is 21.7. The number of benzene rings is 3. The van der Waals surface area contributed by atoms with Gasteiger partial charge in [0.1, 0.15) is 11.6 Å². The Hall–Kier alpha value is -3.39. The number of ether oxygens (including phenoxy) is 1. The first-order valence-electron chi connectivity index (χ1n) is 9.22. The van der Waals surface area contributed by atoms with Gasteiger partial charge >= 0.3 is 0 Å². The molecule has 30 heavy (non-hydrogen) atoms. The average Bonchev–Trinajstić information content (AvgIpc) is 2.71. The summed E-state index contributed by atoms with van der Waals surface area (Å²) in [6.07, 6.45) is 0. The molecule has 8 heteroatoms. The Kier molecular flexibility index (Phi) is 6.37. The van der Waals surface area contributed by atoms with Crippen molar-refractivity contribution in [3.63, 3.8) is 0 Å². The molecule has 0 aliphatic carbocycles. The van der Waals surface area contributed by atoms with Crippen molar-refractivity contribution >= 4 is 27.3 Å². The summed E-state index contributed by atoms with van der Waals surface area (Å²) >= 11 is 0. The van der Waals surface area contributed by atoms with E-state index >= 15 is 0 Å². The second-order valence-corrected chi connectivity index (χ2v) is 8.16. The normalized spacial score (nSPS) is 11.0. The van der Waals surface area contributed by atoms with Crippen LogP contribution in [-0.2, 0) is 10.0 Å². The maximum atomic E-state index is 13.3. The number of anilines is 2. The van der Waals surface area contributed by atoms with Crippen molar-refractivity contribution in [1.29, 1.82) is 0 Å². The number of carbonyl (C=O) groups excluding carboxylic acids is 1. The second kappa shape index (κ2) is 8.96. The van der Waals surface area contributed by atoms with Crippen molar-refractivity contribution in [1.82, 2.24) is 0 Å². The molecule has 0 heterocycles. The molecule has 0 bridgehead atoms. The van der Waals surface area contributed by atoms with E-state index in [-0.39, 0.29) is 16.1 Å². The van der Waals surface area contributed by atoms with Crippen LogP contribution in [-0.4, -0.2) is 20.9 Å². The molecule has 3 rings (SSSR count). The fraction of sp³-hybridized carbons (Fsp3) is 0.136. The lowest BCUT2D eigenvalue weighted by Crippen LogP contribution is -2.16. The Morgan fingerprint density at radius 3 is 2.37 bits per heavy atom. The maximum Gasteiger partial charge on any atom is 0.262 e. The van der Waals surface area contributed by atoms with Crippen LogP contribution in [0.5, 0.6) is 5.75 Å². The van der Waals surface area contributed by atoms with Crippen LogP contribution in [0, 0.1) is 12.7 Å². The molecule has 156 valence electrons. The molecule has 1 amide bonds. The van der Waals surface area contributed by atoms with Gasteiger partial charge in [-0.2, -0.15) is 0 Å². The minimum absolute atomic E-state index is 0.0217. The van der Waals surface area contributed by atoms with Crippen molar-refractivity contribution in [2.45, 2.75) is 18.7 Å². The number of rotatable bonds is 7. The topological polar surface area (TPSA) is 84.5 Å². The summed E-state index contributed by atoms with van der Waals surface area (Å²) in [5.74, 6) is -0.436. The molecule has 0 aliphatic rings. The number of halogens is 1. The van der Waals surface area contributed by atoms with Gasteiger partial charge < -0.3 is 10.1 Å². The quantitative estimate of drug-likeness (QED) is 0.577. The highest BCUT2D eigenvalue weighted by Gasteiger charge is 2.18. The molecule has 0 atom stereocenters. The summed E-state index contributed by atoms with van der Waals surface area (Å²) in [5, 5.41) is 2.60. The van der Waals surface area contributed by atoms with Crippen LogP contribution in [0.15, 0.2) is 71.6 Å². The van der Waals surface area contributed by atoms with E-state index in [2.05, 4.69) is 10.0 Å². The van der Waals surface area contributed by atoms with E-state index in [9.17, 15) is 17.6 Å². The van der Waals surface area contributed by atoms with E-state index in [1.54, 1.807) is 43.3 Å². The van der Waals surface area contributed by atoms with Gasteiger partial charge in [-0.25, -0.2) is 12.8 Å². The van der Waals surface area contributed by atoms with Gasteiger partial charge in [-0.3, -0.25) is 9.52 Å². The molecule has 0 spiro atoms. The van der Waals surface area contributed by atoms with Crippen LogP contribution in [0.4, 0.5) is 15.8 Å². The van der Waals surface area contributed by atoms with Crippen molar-refractivity contribution in [2.75, 3.05) is 16.6 Å². The molecule has 0 unspecified atom stereocenters. The lowest BCUT2D eigenvalue weighted by Gasteiger charge is -2.13. The number of amides is 1. The number of nitrogens with one attached hydrogen (secondary N) is 2. The predicted molar refractivity (Wildman–Crippen MR) is 114 cm³/mol. The number of sulfonamides is 1. The molecule has 0 radical (unpaired) electrons. The van der Waals surface area contributed by atoms with E-state index in [0.717, 1.165) is 6.07 Å². The van der Waals surface area contributed by atoms with E-state index in [1.165, 1.54) is 24.3 Å². The van der Waals surface area contributed by atoms with Crippen LogP contribution in [0.1, 0.15) is 22.8 Å².